The molecule has 0 bridgehead atoms. The van der Waals surface area contributed by atoms with Gasteiger partial charge in [-0.15, -0.1) is 0 Å². The number of piperidine rings is 1. The predicted molar refractivity (Wildman–Crippen MR) is 87.8 cm³/mol. The number of sulfonamides is 1. The fourth-order valence-electron chi connectivity index (χ4n) is 3.58. The molecule has 0 spiro atoms. The summed E-state index contributed by atoms with van der Waals surface area (Å²) in [5.41, 5.74) is 0. The van der Waals surface area contributed by atoms with Crippen LogP contribution >= 0.6 is 0 Å². The number of nitrogens with one attached hydrogen (secondary N) is 2. The van der Waals surface area contributed by atoms with E-state index in [0.717, 1.165) is 37.6 Å². The van der Waals surface area contributed by atoms with Crippen molar-refractivity contribution in [2.24, 2.45) is 11.8 Å². The van der Waals surface area contributed by atoms with Crippen LogP contribution in [-0.4, -0.2) is 33.3 Å². The lowest BCUT2D eigenvalue weighted by atomic mass is 9.81. The first-order valence-electron chi connectivity index (χ1n) is 8.76. The minimum absolute atomic E-state index is 0.270. The zero-order chi connectivity index (χ0) is 15.1. The first kappa shape index (κ1) is 17.2. The highest BCUT2D eigenvalue weighted by molar-refractivity contribution is 7.89. The minimum atomic E-state index is -3.08. The van der Waals surface area contributed by atoms with Crippen LogP contribution in [0.15, 0.2) is 0 Å². The van der Waals surface area contributed by atoms with Gasteiger partial charge in [-0.1, -0.05) is 39.0 Å². The van der Waals surface area contributed by atoms with Crippen LogP contribution in [0.3, 0.4) is 0 Å². The molecule has 1 saturated heterocycles. The third kappa shape index (κ3) is 6.66. The van der Waals surface area contributed by atoms with Gasteiger partial charge < -0.3 is 5.32 Å². The molecule has 2 aliphatic rings. The molecule has 1 aliphatic heterocycles. The van der Waals surface area contributed by atoms with Gasteiger partial charge in [0.15, 0.2) is 0 Å². The Hall–Kier alpha value is -0.130. The number of hydrogen-bond acceptors (Lipinski definition) is 3. The first-order chi connectivity index (χ1) is 10.1. The first-order valence-corrected chi connectivity index (χ1v) is 10.4. The predicted octanol–water partition coefficient (Wildman–Crippen LogP) is 2.65. The van der Waals surface area contributed by atoms with Gasteiger partial charge in [0.1, 0.15) is 0 Å². The minimum Gasteiger partial charge on any atom is -0.314 e. The van der Waals surface area contributed by atoms with Gasteiger partial charge in [-0.3, -0.25) is 0 Å². The van der Waals surface area contributed by atoms with E-state index in [1.54, 1.807) is 0 Å². The molecule has 2 rings (SSSR count). The van der Waals surface area contributed by atoms with E-state index in [9.17, 15) is 8.42 Å². The van der Waals surface area contributed by atoms with Gasteiger partial charge in [0, 0.05) is 12.6 Å². The summed E-state index contributed by atoms with van der Waals surface area (Å²) in [6.45, 7) is 3.98. The Kier molecular flexibility index (Phi) is 6.96. The molecule has 0 aromatic rings. The van der Waals surface area contributed by atoms with Crippen LogP contribution < -0.4 is 10.0 Å². The molecule has 0 radical (unpaired) electrons. The molecule has 5 heteroatoms. The standard InChI is InChI=1S/C16H32N2O2S/c1-14-5-7-15(8-6-14)9-12-18-21(19,20)13-10-16-4-2-3-11-17-16/h14-18H,2-13H2,1H3. The van der Waals surface area contributed by atoms with Crippen LogP contribution in [0.2, 0.25) is 0 Å². The molecule has 0 aromatic carbocycles. The Labute approximate surface area is 130 Å². The largest absolute Gasteiger partial charge is 0.314 e. The highest BCUT2D eigenvalue weighted by atomic mass is 32.2. The van der Waals surface area contributed by atoms with Crippen molar-refractivity contribution < 1.29 is 8.42 Å². The molecule has 1 aliphatic carbocycles. The topological polar surface area (TPSA) is 58.2 Å². The lowest BCUT2D eigenvalue weighted by Gasteiger charge is -2.26. The molecule has 124 valence electrons. The van der Waals surface area contributed by atoms with Gasteiger partial charge in [-0.05, 0) is 44.1 Å². The average Bonchev–Trinajstić information content (AvgIpc) is 2.48. The maximum atomic E-state index is 12.0. The molecule has 2 fully saturated rings. The Morgan fingerprint density at radius 3 is 2.48 bits per heavy atom. The maximum Gasteiger partial charge on any atom is 0.211 e. The van der Waals surface area contributed by atoms with E-state index in [-0.39, 0.29) is 5.75 Å². The van der Waals surface area contributed by atoms with Crippen LogP contribution in [0.1, 0.15) is 64.7 Å². The SMILES string of the molecule is CC1CCC(CCNS(=O)(=O)CCC2CCCCN2)CC1. The Morgan fingerprint density at radius 2 is 1.81 bits per heavy atom. The lowest BCUT2D eigenvalue weighted by molar-refractivity contribution is 0.278. The summed E-state index contributed by atoms with van der Waals surface area (Å²) in [6.07, 6.45) is 10.5. The van der Waals surface area contributed by atoms with E-state index in [0.29, 0.717) is 12.6 Å². The summed E-state index contributed by atoms with van der Waals surface area (Å²) in [6, 6.07) is 0.398. The van der Waals surface area contributed by atoms with Gasteiger partial charge in [-0.2, -0.15) is 0 Å². The van der Waals surface area contributed by atoms with Gasteiger partial charge in [0.05, 0.1) is 5.75 Å². The number of hydrogen-bond donors (Lipinski definition) is 2. The van der Waals surface area contributed by atoms with Crippen LogP contribution in [0, 0.1) is 11.8 Å². The van der Waals surface area contributed by atoms with Crippen molar-refractivity contribution in [3.05, 3.63) is 0 Å². The molecule has 21 heavy (non-hydrogen) atoms. The van der Waals surface area contributed by atoms with Crippen LogP contribution in [0.25, 0.3) is 0 Å². The average molecular weight is 317 g/mol. The van der Waals surface area contributed by atoms with Crippen LogP contribution in [0.4, 0.5) is 0 Å². The summed E-state index contributed by atoms with van der Waals surface area (Å²) >= 11 is 0. The molecule has 1 unspecified atom stereocenters. The smallest absolute Gasteiger partial charge is 0.211 e. The molecular weight excluding hydrogens is 284 g/mol. The third-order valence-corrected chi connectivity index (χ3v) is 6.57. The normalized spacial score (nSPS) is 31.2. The molecule has 0 amide bonds. The van der Waals surface area contributed by atoms with Gasteiger partial charge in [0.2, 0.25) is 10.0 Å². The van der Waals surface area contributed by atoms with E-state index in [2.05, 4.69) is 17.0 Å². The lowest BCUT2D eigenvalue weighted by Crippen LogP contribution is -2.37. The van der Waals surface area contributed by atoms with E-state index in [1.165, 1.54) is 38.5 Å². The Balaban J connectivity index is 1.59. The molecule has 4 nitrogen and oxygen atoms in total. The summed E-state index contributed by atoms with van der Waals surface area (Å²) < 4.78 is 26.9. The molecule has 1 heterocycles. The third-order valence-electron chi connectivity index (χ3n) is 5.16. The van der Waals surface area contributed by atoms with Gasteiger partial charge >= 0.3 is 0 Å². The summed E-state index contributed by atoms with van der Waals surface area (Å²) in [7, 11) is -3.08. The number of rotatable bonds is 7. The second kappa shape index (κ2) is 8.49. The quantitative estimate of drug-likeness (QED) is 0.759. The molecule has 1 atom stereocenters. The fourth-order valence-corrected chi connectivity index (χ4v) is 4.74. The molecular formula is C16H32N2O2S. The second-order valence-electron chi connectivity index (χ2n) is 7.06. The van der Waals surface area contributed by atoms with Crippen LogP contribution in [0.5, 0.6) is 0 Å². The summed E-state index contributed by atoms with van der Waals surface area (Å²) in [5.74, 6) is 1.86. The second-order valence-corrected chi connectivity index (χ2v) is 8.99. The van der Waals surface area contributed by atoms with E-state index in [1.807, 2.05) is 0 Å². The zero-order valence-corrected chi connectivity index (χ0v) is 14.3. The Morgan fingerprint density at radius 1 is 1.05 bits per heavy atom. The van der Waals surface area contributed by atoms with E-state index >= 15 is 0 Å². The van der Waals surface area contributed by atoms with Gasteiger partial charge in [-0.25, -0.2) is 13.1 Å². The monoisotopic (exact) mass is 316 g/mol. The van der Waals surface area contributed by atoms with Crippen molar-refractivity contribution in [3.63, 3.8) is 0 Å². The maximum absolute atomic E-state index is 12.0. The molecule has 0 aromatic heterocycles. The highest BCUT2D eigenvalue weighted by Crippen LogP contribution is 2.29. The van der Waals surface area contributed by atoms with E-state index in [4.69, 9.17) is 0 Å². The Bertz CT molecular complexity index is 383. The summed E-state index contributed by atoms with van der Waals surface area (Å²) in [4.78, 5) is 0. The van der Waals surface area contributed by atoms with Crippen molar-refractivity contribution in [1.29, 1.82) is 0 Å². The molecule has 2 N–H and O–H groups in total. The van der Waals surface area contributed by atoms with Crippen molar-refractivity contribution in [1.82, 2.24) is 10.0 Å². The fraction of sp³-hybridized carbons (Fsp3) is 1.00. The van der Waals surface area contributed by atoms with Crippen LogP contribution in [-0.2, 0) is 10.0 Å². The molecule has 1 saturated carbocycles. The summed E-state index contributed by atoms with van der Waals surface area (Å²) in [5, 5.41) is 3.41. The highest BCUT2D eigenvalue weighted by Gasteiger charge is 2.20. The van der Waals surface area contributed by atoms with E-state index < -0.39 is 10.0 Å². The zero-order valence-electron chi connectivity index (χ0n) is 13.4. The van der Waals surface area contributed by atoms with Crippen molar-refractivity contribution in [3.8, 4) is 0 Å². The van der Waals surface area contributed by atoms with Crippen molar-refractivity contribution >= 4 is 10.0 Å². The van der Waals surface area contributed by atoms with Crippen molar-refractivity contribution in [2.45, 2.75) is 70.8 Å². The van der Waals surface area contributed by atoms with Gasteiger partial charge in [0.25, 0.3) is 0 Å². The van der Waals surface area contributed by atoms with Crippen molar-refractivity contribution in [2.75, 3.05) is 18.8 Å².